The molecule has 2 heterocycles. The van der Waals surface area contributed by atoms with Crippen LogP contribution in [0.15, 0.2) is 34.4 Å². The van der Waals surface area contributed by atoms with Gasteiger partial charge in [-0.3, -0.25) is 4.98 Å². The van der Waals surface area contributed by atoms with Gasteiger partial charge in [-0.1, -0.05) is 11.6 Å². The Balaban J connectivity index is 2.13. The molecule has 1 N–H and O–H groups in total. The van der Waals surface area contributed by atoms with Gasteiger partial charge in [0.2, 0.25) is 0 Å². The lowest BCUT2D eigenvalue weighted by atomic mass is 10.1. The fraction of sp³-hybridized carbons (Fsp3) is 0.182. The Morgan fingerprint density at radius 3 is 2.88 bits per heavy atom. The first-order valence-corrected chi connectivity index (χ1v) is 6.67. The van der Waals surface area contributed by atoms with Crippen LogP contribution < -0.4 is 0 Å². The molecule has 0 saturated carbocycles. The molecule has 0 saturated heterocycles. The molecule has 0 aliphatic rings. The van der Waals surface area contributed by atoms with Crippen molar-refractivity contribution in [2.24, 2.45) is 0 Å². The molecule has 0 fully saturated rings. The minimum Gasteiger partial charge on any atom is -0.387 e. The molecule has 1 unspecified atom stereocenters. The molecular formula is C11H9BrClNOS. The van der Waals surface area contributed by atoms with Crippen LogP contribution in [0.5, 0.6) is 0 Å². The largest absolute Gasteiger partial charge is 0.387 e. The molecule has 0 aliphatic heterocycles. The second-order valence-corrected chi connectivity index (χ2v) is 6.23. The first-order valence-electron chi connectivity index (χ1n) is 4.68. The molecule has 1 atom stereocenters. The number of halogens is 2. The van der Waals surface area contributed by atoms with Crippen molar-refractivity contribution in [1.29, 1.82) is 0 Å². The van der Waals surface area contributed by atoms with E-state index in [0.29, 0.717) is 11.4 Å². The maximum absolute atomic E-state index is 10.0. The van der Waals surface area contributed by atoms with Gasteiger partial charge in [-0.25, -0.2) is 0 Å². The predicted molar refractivity (Wildman–Crippen MR) is 69.9 cm³/mol. The van der Waals surface area contributed by atoms with Gasteiger partial charge in [0.05, 0.1) is 14.9 Å². The highest BCUT2D eigenvalue weighted by Crippen LogP contribution is 2.30. The summed E-state index contributed by atoms with van der Waals surface area (Å²) in [6, 6.07) is 5.67. The highest BCUT2D eigenvalue weighted by molar-refractivity contribution is 9.11. The summed E-state index contributed by atoms with van der Waals surface area (Å²) in [7, 11) is 0. The van der Waals surface area contributed by atoms with Gasteiger partial charge < -0.3 is 5.11 Å². The second-order valence-electron chi connectivity index (χ2n) is 3.33. The van der Waals surface area contributed by atoms with E-state index in [-0.39, 0.29) is 0 Å². The van der Waals surface area contributed by atoms with Gasteiger partial charge in [0.25, 0.3) is 0 Å². The minimum atomic E-state index is -0.517. The molecule has 2 aromatic rings. The van der Waals surface area contributed by atoms with Crippen LogP contribution in [0.2, 0.25) is 5.02 Å². The van der Waals surface area contributed by atoms with E-state index in [0.717, 1.165) is 14.2 Å². The van der Waals surface area contributed by atoms with Gasteiger partial charge in [-0.2, -0.15) is 0 Å². The van der Waals surface area contributed by atoms with Gasteiger partial charge in [-0.05, 0) is 39.7 Å². The first-order chi connectivity index (χ1) is 7.66. The summed E-state index contributed by atoms with van der Waals surface area (Å²) in [6.07, 6.45) is 3.26. The topological polar surface area (TPSA) is 33.1 Å². The fourth-order valence-electron chi connectivity index (χ4n) is 1.39. The van der Waals surface area contributed by atoms with Crippen LogP contribution in [0.1, 0.15) is 16.5 Å². The Morgan fingerprint density at radius 1 is 1.44 bits per heavy atom. The molecule has 2 aromatic heterocycles. The third-order valence-corrected chi connectivity index (χ3v) is 4.26. The average molecular weight is 319 g/mol. The van der Waals surface area contributed by atoms with Gasteiger partial charge in [0.1, 0.15) is 0 Å². The number of rotatable bonds is 3. The van der Waals surface area contributed by atoms with Crippen LogP contribution in [0.3, 0.4) is 0 Å². The van der Waals surface area contributed by atoms with E-state index in [2.05, 4.69) is 20.9 Å². The van der Waals surface area contributed by atoms with Crippen molar-refractivity contribution >= 4 is 38.9 Å². The zero-order valence-electron chi connectivity index (χ0n) is 8.23. The quantitative estimate of drug-likeness (QED) is 0.933. The molecule has 0 spiro atoms. The molecule has 0 aliphatic carbocycles. The Kier molecular flexibility index (Phi) is 3.97. The third-order valence-electron chi connectivity index (χ3n) is 2.19. The lowest BCUT2D eigenvalue weighted by Gasteiger charge is -2.09. The summed E-state index contributed by atoms with van der Waals surface area (Å²) < 4.78 is 1.02. The molecule has 2 nitrogen and oxygen atoms in total. The monoisotopic (exact) mass is 317 g/mol. The fourth-order valence-corrected chi connectivity index (χ4v) is 2.99. The van der Waals surface area contributed by atoms with Crippen LogP contribution in [-0.2, 0) is 6.42 Å². The molecule has 0 bridgehead atoms. The summed E-state index contributed by atoms with van der Waals surface area (Å²) in [4.78, 5) is 4.84. The first kappa shape index (κ1) is 12.0. The van der Waals surface area contributed by atoms with E-state index in [4.69, 9.17) is 11.6 Å². The highest BCUT2D eigenvalue weighted by atomic mass is 79.9. The number of aliphatic hydroxyl groups is 1. The summed E-state index contributed by atoms with van der Waals surface area (Å²) in [5.41, 5.74) is 0.911. The molecule has 0 amide bonds. The number of thiophene rings is 1. The van der Waals surface area contributed by atoms with E-state index in [9.17, 15) is 5.11 Å². The van der Waals surface area contributed by atoms with Gasteiger partial charge in [0.15, 0.2) is 0 Å². The van der Waals surface area contributed by atoms with Crippen molar-refractivity contribution in [1.82, 2.24) is 4.98 Å². The summed E-state index contributed by atoms with van der Waals surface area (Å²) >= 11 is 10.9. The number of pyridine rings is 1. The van der Waals surface area contributed by atoms with E-state index in [1.54, 1.807) is 12.4 Å². The van der Waals surface area contributed by atoms with Crippen molar-refractivity contribution in [2.75, 3.05) is 0 Å². The van der Waals surface area contributed by atoms with Gasteiger partial charge >= 0.3 is 0 Å². The second kappa shape index (κ2) is 5.27. The molecule has 0 aromatic carbocycles. The summed E-state index contributed by atoms with van der Waals surface area (Å²) in [5.74, 6) is 0. The van der Waals surface area contributed by atoms with Crippen LogP contribution >= 0.6 is 38.9 Å². The van der Waals surface area contributed by atoms with E-state index < -0.39 is 6.10 Å². The molecule has 16 heavy (non-hydrogen) atoms. The minimum absolute atomic E-state index is 0.508. The van der Waals surface area contributed by atoms with Crippen molar-refractivity contribution in [3.8, 4) is 0 Å². The molecule has 5 heteroatoms. The molecule has 84 valence electrons. The summed E-state index contributed by atoms with van der Waals surface area (Å²) in [6.45, 7) is 0. The highest BCUT2D eigenvalue weighted by Gasteiger charge is 2.12. The lowest BCUT2D eigenvalue weighted by molar-refractivity contribution is 0.182. The number of nitrogens with zero attached hydrogens (tertiary/aromatic N) is 1. The number of hydrogen-bond acceptors (Lipinski definition) is 3. The normalized spacial score (nSPS) is 12.7. The van der Waals surface area contributed by atoms with Crippen LogP contribution in [0.25, 0.3) is 0 Å². The van der Waals surface area contributed by atoms with Gasteiger partial charge in [-0.15, -0.1) is 11.3 Å². The van der Waals surface area contributed by atoms with Crippen molar-refractivity contribution in [3.63, 3.8) is 0 Å². The van der Waals surface area contributed by atoms with Crippen LogP contribution in [-0.4, -0.2) is 10.1 Å². The van der Waals surface area contributed by atoms with Crippen molar-refractivity contribution in [2.45, 2.75) is 12.5 Å². The lowest BCUT2D eigenvalue weighted by Crippen LogP contribution is -2.00. The standard InChI is InChI=1S/C11H9BrClNOS/c12-11-2-1-10(16-11)9(15)5-7-3-4-14-6-8(7)13/h1-4,6,9,15H,5H2. The maximum atomic E-state index is 10.0. The SMILES string of the molecule is OC(Cc1ccncc1Cl)c1ccc(Br)s1. The summed E-state index contributed by atoms with van der Waals surface area (Å²) in [5, 5.41) is 10.6. The van der Waals surface area contributed by atoms with Gasteiger partial charge in [0, 0.05) is 23.7 Å². The van der Waals surface area contributed by atoms with E-state index in [1.165, 1.54) is 11.3 Å². The van der Waals surface area contributed by atoms with E-state index >= 15 is 0 Å². The Morgan fingerprint density at radius 2 is 2.25 bits per heavy atom. The zero-order chi connectivity index (χ0) is 11.5. The maximum Gasteiger partial charge on any atom is 0.0923 e. The number of hydrogen-bond donors (Lipinski definition) is 1. The Labute approximate surface area is 111 Å². The predicted octanol–water partition coefficient (Wildman–Crippen LogP) is 3.84. The van der Waals surface area contributed by atoms with Crippen LogP contribution in [0, 0.1) is 0 Å². The molecule has 2 rings (SSSR count). The smallest absolute Gasteiger partial charge is 0.0923 e. The zero-order valence-corrected chi connectivity index (χ0v) is 11.4. The number of aliphatic hydroxyl groups excluding tert-OH is 1. The third kappa shape index (κ3) is 2.83. The average Bonchev–Trinajstić information content (AvgIpc) is 2.68. The van der Waals surface area contributed by atoms with Crippen molar-refractivity contribution in [3.05, 3.63) is 49.8 Å². The van der Waals surface area contributed by atoms with Crippen LogP contribution in [0.4, 0.5) is 0 Å². The Bertz CT molecular complexity index is 488. The Hall–Kier alpha value is -0.420. The molecule has 0 radical (unpaired) electrons. The van der Waals surface area contributed by atoms with Crippen molar-refractivity contribution < 1.29 is 5.11 Å². The number of aromatic nitrogens is 1. The molecular weight excluding hydrogens is 310 g/mol. The van der Waals surface area contributed by atoms with E-state index in [1.807, 2.05) is 18.2 Å².